The molecule has 20 heavy (non-hydrogen) atoms. The minimum atomic E-state index is 0.139. The molecule has 0 spiro atoms. The van der Waals surface area contributed by atoms with Crippen molar-refractivity contribution >= 4 is 28.2 Å². The monoisotopic (exact) mass is 304 g/mol. The van der Waals surface area contributed by atoms with E-state index in [4.69, 9.17) is 5.73 Å². The Kier molecular flexibility index (Phi) is 3.66. The summed E-state index contributed by atoms with van der Waals surface area (Å²) in [7, 11) is 0. The molecule has 3 aromatic rings. The summed E-state index contributed by atoms with van der Waals surface area (Å²) in [5, 5.41) is 16.8. The molecule has 0 aliphatic rings. The van der Waals surface area contributed by atoms with Gasteiger partial charge in [-0.1, -0.05) is 46.5 Å². The topological polar surface area (TPSA) is 82.5 Å². The highest BCUT2D eigenvalue weighted by Crippen LogP contribution is 2.35. The van der Waals surface area contributed by atoms with Crippen LogP contribution in [0.2, 0.25) is 0 Å². The second kappa shape index (κ2) is 5.59. The van der Waals surface area contributed by atoms with Crippen LogP contribution in [0.1, 0.15) is 17.9 Å². The summed E-state index contributed by atoms with van der Waals surface area (Å²) in [5.41, 5.74) is 7.46. The summed E-state index contributed by atoms with van der Waals surface area (Å²) in [6.07, 6.45) is 1.93. The number of benzene rings is 1. The second-order valence-corrected chi connectivity index (χ2v) is 6.69. The Morgan fingerprint density at radius 2 is 2.00 bits per heavy atom. The van der Waals surface area contributed by atoms with Crippen molar-refractivity contribution in [2.45, 2.75) is 16.5 Å². The van der Waals surface area contributed by atoms with Gasteiger partial charge in [0, 0.05) is 0 Å². The molecule has 102 valence electrons. The van der Waals surface area contributed by atoms with Crippen LogP contribution >= 0.6 is 23.1 Å². The van der Waals surface area contributed by atoms with E-state index >= 15 is 0 Å². The third-order valence-corrected chi connectivity index (χ3v) is 4.61. The number of thioether (sulfide) groups is 1. The molecule has 2 N–H and O–H groups in total. The van der Waals surface area contributed by atoms with Crippen LogP contribution in [0.25, 0.3) is 5.69 Å². The minimum absolute atomic E-state index is 0.139. The lowest BCUT2D eigenvalue weighted by atomic mass is 10.3. The molecule has 6 nitrogen and oxygen atoms in total. The number of hydrogen-bond donors (Lipinski definition) is 1. The van der Waals surface area contributed by atoms with Gasteiger partial charge in [-0.15, -0.1) is 15.3 Å². The van der Waals surface area contributed by atoms with Crippen LogP contribution < -0.4 is 5.73 Å². The van der Waals surface area contributed by atoms with Crippen molar-refractivity contribution in [3.05, 3.63) is 42.2 Å². The van der Waals surface area contributed by atoms with Crippen LogP contribution in [0.3, 0.4) is 0 Å². The molecule has 2 heterocycles. The number of para-hydroxylation sites is 1. The molecule has 0 radical (unpaired) electrons. The Morgan fingerprint density at radius 1 is 1.20 bits per heavy atom. The van der Waals surface area contributed by atoms with Crippen molar-refractivity contribution in [3.63, 3.8) is 0 Å². The summed E-state index contributed by atoms with van der Waals surface area (Å²) in [5.74, 6) is 0. The van der Waals surface area contributed by atoms with Crippen molar-refractivity contribution in [2.75, 3.05) is 5.73 Å². The van der Waals surface area contributed by atoms with Crippen LogP contribution in [-0.4, -0.2) is 25.2 Å². The number of aromatic nitrogens is 5. The number of nitrogens with zero attached hydrogens (tertiary/aromatic N) is 5. The lowest BCUT2D eigenvalue weighted by Gasteiger charge is -2.03. The van der Waals surface area contributed by atoms with Crippen LogP contribution in [0.5, 0.6) is 0 Å². The van der Waals surface area contributed by atoms with Crippen LogP contribution in [-0.2, 0) is 0 Å². The predicted molar refractivity (Wildman–Crippen MR) is 80.0 cm³/mol. The third-order valence-electron chi connectivity index (χ3n) is 2.65. The zero-order chi connectivity index (χ0) is 13.9. The maximum Gasteiger partial charge on any atom is 0.203 e. The summed E-state index contributed by atoms with van der Waals surface area (Å²) in [4.78, 5) is 0. The van der Waals surface area contributed by atoms with E-state index in [9.17, 15) is 0 Å². The molecule has 0 aliphatic carbocycles. The SMILES string of the molecule is CC(Sc1nnc(N)s1)c1cn(-c2ccccc2)nn1. The molecule has 0 aliphatic heterocycles. The molecule has 0 bridgehead atoms. The quantitative estimate of drug-likeness (QED) is 0.746. The standard InChI is InChI=1S/C12H12N6S2/c1-8(19-12-16-15-11(13)20-12)10-7-18(17-14-10)9-5-3-2-4-6-9/h2-8H,1H3,(H2,13,15). The zero-order valence-corrected chi connectivity index (χ0v) is 12.3. The van der Waals surface area contributed by atoms with Gasteiger partial charge in [0.05, 0.1) is 22.8 Å². The lowest BCUT2D eigenvalue weighted by molar-refractivity contribution is 0.797. The third kappa shape index (κ3) is 2.81. The molecule has 8 heteroatoms. The smallest absolute Gasteiger partial charge is 0.203 e. The molecule has 0 saturated carbocycles. The molecular weight excluding hydrogens is 292 g/mol. The van der Waals surface area contributed by atoms with Crippen molar-refractivity contribution in [1.82, 2.24) is 25.2 Å². The van der Waals surface area contributed by atoms with E-state index in [1.165, 1.54) is 11.3 Å². The molecule has 1 unspecified atom stereocenters. The van der Waals surface area contributed by atoms with Crippen molar-refractivity contribution in [3.8, 4) is 5.69 Å². The average molecular weight is 304 g/mol. The molecule has 3 rings (SSSR count). The van der Waals surface area contributed by atoms with Crippen molar-refractivity contribution in [1.29, 1.82) is 0 Å². The van der Waals surface area contributed by atoms with Crippen molar-refractivity contribution in [2.24, 2.45) is 0 Å². The van der Waals surface area contributed by atoms with Gasteiger partial charge in [-0.3, -0.25) is 0 Å². The minimum Gasteiger partial charge on any atom is -0.374 e. The van der Waals surface area contributed by atoms with Gasteiger partial charge in [0.15, 0.2) is 4.34 Å². The van der Waals surface area contributed by atoms with E-state index in [0.29, 0.717) is 5.13 Å². The lowest BCUT2D eigenvalue weighted by Crippen LogP contribution is -1.93. The highest BCUT2D eigenvalue weighted by molar-refractivity contribution is 8.01. The molecule has 0 fully saturated rings. The van der Waals surface area contributed by atoms with Gasteiger partial charge >= 0.3 is 0 Å². The number of anilines is 1. The van der Waals surface area contributed by atoms with Gasteiger partial charge < -0.3 is 5.73 Å². The first-order valence-electron chi connectivity index (χ1n) is 5.95. The fraction of sp³-hybridized carbons (Fsp3) is 0.167. The molecule has 2 aromatic heterocycles. The van der Waals surface area contributed by atoms with E-state index in [1.807, 2.05) is 36.5 Å². The molecule has 1 aromatic carbocycles. The fourth-order valence-electron chi connectivity index (χ4n) is 1.65. The summed E-state index contributed by atoms with van der Waals surface area (Å²) >= 11 is 2.95. The van der Waals surface area contributed by atoms with Gasteiger partial charge in [-0.25, -0.2) is 4.68 Å². The molecule has 0 saturated heterocycles. The number of rotatable bonds is 4. The first-order valence-corrected chi connectivity index (χ1v) is 7.65. The highest BCUT2D eigenvalue weighted by atomic mass is 32.2. The molecular formula is C12H12N6S2. The average Bonchev–Trinajstić information content (AvgIpc) is 3.09. The Morgan fingerprint density at radius 3 is 2.70 bits per heavy atom. The maximum absolute atomic E-state index is 5.57. The Bertz CT molecular complexity index is 693. The van der Waals surface area contributed by atoms with Crippen LogP contribution in [0.15, 0.2) is 40.9 Å². The van der Waals surface area contributed by atoms with Gasteiger partial charge in [-0.05, 0) is 19.1 Å². The van der Waals surface area contributed by atoms with E-state index in [0.717, 1.165) is 15.7 Å². The van der Waals surface area contributed by atoms with Gasteiger partial charge in [0.1, 0.15) is 0 Å². The molecule has 1 atom stereocenters. The second-order valence-electron chi connectivity index (χ2n) is 4.09. The Labute approximate surface area is 124 Å². The first kappa shape index (κ1) is 13.1. The zero-order valence-electron chi connectivity index (χ0n) is 10.7. The summed E-state index contributed by atoms with van der Waals surface area (Å²) in [6.45, 7) is 2.06. The maximum atomic E-state index is 5.57. The number of nitrogens with two attached hydrogens (primary N) is 1. The van der Waals surface area contributed by atoms with Crippen LogP contribution in [0, 0.1) is 0 Å². The Hall–Kier alpha value is -1.93. The van der Waals surface area contributed by atoms with E-state index < -0.39 is 0 Å². The van der Waals surface area contributed by atoms with Crippen molar-refractivity contribution < 1.29 is 0 Å². The van der Waals surface area contributed by atoms with E-state index in [1.54, 1.807) is 16.4 Å². The number of hydrogen-bond acceptors (Lipinski definition) is 7. The Balaban J connectivity index is 1.76. The normalized spacial score (nSPS) is 12.4. The van der Waals surface area contributed by atoms with Gasteiger partial charge in [0.2, 0.25) is 5.13 Å². The van der Waals surface area contributed by atoms with E-state index in [2.05, 4.69) is 27.4 Å². The fourth-order valence-corrected chi connectivity index (χ4v) is 3.49. The summed E-state index contributed by atoms with van der Waals surface area (Å²) < 4.78 is 2.60. The summed E-state index contributed by atoms with van der Waals surface area (Å²) in [6, 6.07) is 9.89. The van der Waals surface area contributed by atoms with Gasteiger partial charge in [-0.2, -0.15) is 0 Å². The van der Waals surface area contributed by atoms with E-state index in [-0.39, 0.29) is 5.25 Å². The number of nitrogen functional groups attached to an aromatic ring is 1. The highest BCUT2D eigenvalue weighted by Gasteiger charge is 2.14. The predicted octanol–water partition coefficient (Wildman–Crippen LogP) is 2.55. The largest absolute Gasteiger partial charge is 0.374 e. The molecule has 0 amide bonds. The first-order chi connectivity index (χ1) is 9.72. The van der Waals surface area contributed by atoms with Gasteiger partial charge in [0.25, 0.3) is 0 Å². The van der Waals surface area contributed by atoms with Crippen LogP contribution in [0.4, 0.5) is 5.13 Å².